The van der Waals surface area contributed by atoms with Crippen LogP contribution < -0.4 is 15.4 Å². The number of carbonyl (C=O) groups excluding carboxylic acids is 2. The van der Waals surface area contributed by atoms with E-state index in [1.807, 2.05) is 24.3 Å². The molecule has 2 aromatic carbocycles. The molecule has 0 atom stereocenters. The Morgan fingerprint density at radius 2 is 1.73 bits per heavy atom. The summed E-state index contributed by atoms with van der Waals surface area (Å²) in [5.74, 6) is 0.269. The Kier molecular flexibility index (Phi) is 6.87. The summed E-state index contributed by atoms with van der Waals surface area (Å²) in [6, 6.07) is 11.5. The van der Waals surface area contributed by atoms with Crippen LogP contribution in [-0.2, 0) is 6.42 Å². The summed E-state index contributed by atoms with van der Waals surface area (Å²) >= 11 is 12.0. The highest BCUT2D eigenvalue weighted by atomic mass is 35.5. The van der Waals surface area contributed by atoms with Crippen LogP contribution >= 0.6 is 23.2 Å². The van der Waals surface area contributed by atoms with E-state index in [4.69, 9.17) is 27.9 Å². The molecular weight excluding hydrogens is 427 g/mol. The predicted octanol–water partition coefficient (Wildman–Crippen LogP) is 4.65. The minimum absolute atomic E-state index is 0.0214. The maximum absolute atomic E-state index is 12.3. The van der Waals surface area contributed by atoms with Crippen LogP contribution in [-0.4, -0.2) is 29.0 Å². The number of rotatable bonds is 5. The number of aryl methyl sites for hydroxylation is 1. The van der Waals surface area contributed by atoms with Crippen LogP contribution in [0.2, 0.25) is 10.0 Å². The Morgan fingerprint density at radius 3 is 2.33 bits per heavy atom. The van der Waals surface area contributed by atoms with Crippen LogP contribution in [0.4, 0.5) is 10.6 Å². The SMILES string of the molecule is COc1ccc(Cc2ncc(NC(=O)NC(=O)c3c(Cl)cccc3Cl)nc2C)cc1. The van der Waals surface area contributed by atoms with Crippen LogP contribution in [0.15, 0.2) is 48.7 Å². The van der Waals surface area contributed by atoms with Gasteiger partial charge >= 0.3 is 6.03 Å². The lowest BCUT2D eigenvalue weighted by Crippen LogP contribution is -2.35. The van der Waals surface area contributed by atoms with Gasteiger partial charge in [0.15, 0.2) is 5.82 Å². The van der Waals surface area contributed by atoms with E-state index in [-0.39, 0.29) is 21.4 Å². The topological polar surface area (TPSA) is 93.2 Å². The zero-order valence-corrected chi connectivity index (χ0v) is 17.7. The second kappa shape index (κ2) is 9.56. The third-order valence-corrected chi connectivity index (χ3v) is 4.87. The highest BCUT2D eigenvalue weighted by Gasteiger charge is 2.17. The monoisotopic (exact) mass is 444 g/mol. The first-order valence-electron chi connectivity index (χ1n) is 8.89. The van der Waals surface area contributed by atoms with Crippen LogP contribution in [0.3, 0.4) is 0 Å². The van der Waals surface area contributed by atoms with E-state index >= 15 is 0 Å². The minimum atomic E-state index is -0.771. The van der Waals surface area contributed by atoms with Crippen molar-refractivity contribution in [1.29, 1.82) is 0 Å². The molecule has 30 heavy (non-hydrogen) atoms. The van der Waals surface area contributed by atoms with Crippen LogP contribution in [0.25, 0.3) is 0 Å². The molecule has 0 saturated heterocycles. The summed E-state index contributed by atoms with van der Waals surface area (Å²) < 4.78 is 5.15. The number of carbonyl (C=O) groups is 2. The number of imide groups is 1. The number of aromatic nitrogens is 2. The second-order valence-electron chi connectivity index (χ2n) is 6.32. The molecule has 2 N–H and O–H groups in total. The fourth-order valence-electron chi connectivity index (χ4n) is 2.70. The van der Waals surface area contributed by atoms with Gasteiger partial charge in [0, 0.05) is 6.42 Å². The quantitative estimate of drug-likeness (QED) is 0.596. The number of amides is 3. The van der Waals surface area contributed by atoms with Crippen LogP contribution in [0.5, 0.6) is 5.75 Å². The number of halogens is 2. The fraction of sp³-hybridized carbons (Fsp3) is 0.143. The van der Waals surface area contributed by atoms with Gasteiger partial charge in [0.2, 0.25) is 0 Å². The fourth-order valence-corrected chi connectivity index (χ4v) is 3.27. The largest absolute Gasteiger partial charge is 0.497 e. The van der Waals surface area contributed by atoms with E-state index in [0.717, 1.165) is 17.0 Å². The number of methoxy groups -OCH3 is 1. The summed E-state index contributed by atoms with van der Waals surface area (Å²) in [7, 11) is 1.61. The van der Waals surface area contributed by atoms with E-state index in [2.05, 4.69) is 20.6 Å². The van der Waals surface area contributed by atoms with Crippen molar-refractivity contribution in [2.45, 2.75) is 13.3 Å². The Labute approximate surface area is 183 Å². The molecule has 0 aliphatic rings. The van der Waals surface area contributed by atoms with Crippen LogP contribution in [0.1, 0.15) is 27.3 Å². The molecule has 3 rings (SSSR count). The zero-order chi connectivity index (χ0) is 21.7. The number of benzene rings is 2. The summed E-state index contributed by atoms with van der Waals surface area (Å²) in [4.78, 5) is 33.1. The molecule has 0 fully saturated rings. The van der Waals surface area contributed by atoms with Crippen molar-refractivity contribution in [2.24, 2.45) is 0 Å². The lowest BCUT2D eigenvalue weighted by atomic mass is 10.1. The maximum atomic E-state index is 12.3. The standard InChI is InChI=1S/C21H18Cl2N4O3/c1-12-17(10-13-6-8-14(30-2)9-7-13)24-11-18(25-12)26-21(29)27-20(28)19-15(22)4-3-5-16(19)23/h3-9,11H,10H2,1-2H3,(H2,25,26,27,28,29). The van der Waals surface area contributed by atoms with Crippen molar-refractivity contribution in [3.05, 3.63) is 81.2 Å². The second-order valence-corrected chi connectivity index (χ2v) is 7.13. The first kappa shape index (κ1) is 21.5. The van der Waals surface area contributed by atoms with Gasteiger partial charge in [-0.05, 0) is 36.8 Å². The highest BCUT2D eigenvalue weighted by molar-refractivity contribution is 6.40. The van der Waals surface area contributed by atoms with Crippen molar-refractivity contribution in [1.82, 2.24) is 15.3 Å². The molecule has 9 heteroatoms. The first-order chi connectivity index (χ1) is 14.4. The van der Waals surface area contributed by atoms with Crippen molar-refractivity contribution < 1.29 is 14.3 Å². The van der Waals surface area contributed by atoms with Crippen molar-refractivity contribution in [2.75, 3.05) is 12.4 Å². The summed E-state index contributed by atoms with van der Waals surface area (Å²) in [6.07, 6.45) is 2.01. The van der Waals surface area contributed by atoms with Gasteiger partial charge < -0.3 is 4.74 Å². The van der Waals surface area contributed by atoms with E-state index in [1.165, 1.54) is 18.3 Å². The molecule has 3 aromatic rings. The average molecular weight is 445 g/mol. The van der Waals surface area contributed by atoms with E-state index in [1.54, 1.807) is 20.1 Å². The Balaban J connectivity index is 1.64. The smallest absolute Gasteiger partial charge is 0.327 e. The Morgan fingerprint density at radius 1 is 1.07 bits per heavy atom. The predicted molar refractivity (Wildman–Crippen MR) is 116 cm³/mol. The molecule has 0 spiro atoms. The van der Waals surface area contributed by atoms with Gasteiger partial charge in [-0.25, -0.2) is 9.78 Å². The molecule has 0 aliphatic heterocycles. The molecule has 0 saturated carbocycles. The summed E-state index contributed by atoms with van der Waals surface area (Å²) in [5, 5.41) is 4.94. The Hall–Kier alpha value is -3.16. The van der Waals surface area contributed by atoms with Gasteiger partial charge in [0.05, 0.1) is 40.3 Å². The first-order valence-corrected chi connectivity index (χ1v) is 9.64. The molecule has 0 radical (unpaired) electrons. The molecule has 1 heterocycles. The van der Waals surface area contributed by atoms with E-state index in [0.29, 0.717) is 12.1 Å². The van der Waals surface area contributed by atoms with Gasteiger partial charge in [0.25, 0.3) is 5.91 Å². The normalized spacial score (nSPS) is 10.4. The average Bonchev–Trinajstić information content (AvgIpc) is 2.70. The molecule has 3 amide bonds. The third-order valence-electron chi connectivity index (χ3n) is 4.24. The Bertz CT molecular complexity index is 1070. The highest BCUT2D eigenvalue weighted by Crippen LogP contribution is 2.24. The van der Waals surface area contributed by atoms with Crippen LogP contribution in [0, 0.1) is 6.92 Å². The maximum Gasteiger partial charge on any atom is 0.327 e. The number of anilines is 1. The van der Waals surface area contributed by atoms with Gasteiger partial charge in [-0.2, -0.15) is 0 Å². The van der Waals surface area contributed by atoms with Gasteiger partial charge in [0.1, 0.15) is 5.75 Å². The molecule has 154 valence electrons. The zero-order valence-electron chi connectivity index (χ0n) is 16.2. The molecular formula is C21H18Cl2N4O3. The number of nitrogens with one attached hydrogen (secondary N) is 2. The van der Waals surface area contributed by atoms with Crippen molar-refractivity contribution in [3.63, 3.8) is 0 Å². The number of hydrogen-bond acceptors (Lipinski definition) is 5. The van der Waals surface area contributed by atoms with E-state index in [9.17, 15) is 9.59 Å². The number of ether oxygens (including phenoxy) is 1. The molecule has 0 unspecified atom stereocenters. The van der Waals surface area contributed by atoms with Gasteiger partial charge in [-0.15, -0.1) is 0 Å². The van der Waals surface area contributed by atoms with Crippen molar-refractivity contribution >= 4 is 41.0 Å². The minimum Gasteiger partial charge on any atom is -0.497 e. The number of nitrogens with zero attached hydrogens (tertiary/aromatic N) is 2. The molecule has 7 nitrogen and oxygen atoms in total. The van der Waals surface area contributed by atoms with Gasteiger partial charge in [-0.1, -0.05) is 41.4 Å². The molecule has 0 aliphatic carbocycles. The number of urea groups is 1. The molecule has 1 aromatic heterocycles. The lowest BCUT2D eigenvalue weighted by Gasteiger charge is -2.10. The summed E-state index contributed by atoms with van der Waals surface area (Å²) in [5.41, 5.74) is 2.50. The summed E-state index contributed by atoms with van der Waals surface area (Å²) in [6.45, 7) is 1.80. The van der Waals surface area contributed by atoms with Gasteiger partial charge in [-0.3, -0.25) is 20.4 Å². The van der Waals surface area contributed by atoms with E-state index < -0.39 is 11.9 Å². The van der Waals surface area contributed by atoms with Crippen molar-refractivity contribution in [3.8, 4) is 5.75 Å². The molecule has 0 bridgehead atoms. The third kappa shape index (κ3) is 5.25. The lowest BCUT2D eigenvalue weighted by molar-refractivity contribution is 0.0967. The number of hydrogen-bond donors (Lipinski definition) is 2.